The first-order chi connectivity index (χ1) is 24.5. The summed E-state index contributed by atoms with van der Waals surface area (Å²) in [5, 5.41) is 25.4. The number of nitrogens with one attached hydrogen (secondary N) is 1. The number of amides is 1. The number of benzene rings is 3. The quantitative estimate of drug-likeness (QED) is 0.191. The van der Waals surface area contributed by atoms with Crippen LogP contribution < -0.4 is 5.32 Å². The van der Waals surface area contributed by atoms with Gasteiger partial charge in [-0.15, -0.1) is 0 Å². The maximum atomic E-state index is 13.7. The number of ketones is 2. The Morgan fingerprint density at radius 1 is 0.942 bits per heavy atom. The summed E-state index contributed by atoms with van der Waals surface area (Å²) in [6.45, 7) is 4.75. The average molecular weight is 726 g/mol. The minimum atomic E-state index is -5.24. The Morgan fingerprint density at radius 2 is 1.56 bits per heavy atom. The van der Waals surface area contributed by atoms with Gasteiger partial charge in [0, 0.05) is 41.5 Å². The lowest BCUT2D eigenvalue weighted by Crippen LogP contribution is -2.59. The van der Waals surface area contributed by atoms with Gasteiger partial charge in [0.2, 0.25) is 0 Å². The van der Waals surface area contributed by atoms with Crippen molar-refractivity contribution in [1.82, 2.24) is 5.32 Å². The molecule has 1 spiro atoms. The van der Waals surface area contributed by atoms with Crippen molar-refractivity contribution in [2.45, 2.75) is 88.2 Å². The van der Waals surface area contributed by atoms with Gasteiger partial charge in [-0.05, 0) is 32.9 Å². The molecule has 0 bridgehead atoms. The summed E-state index contributed by atoms with van der Waals surface area (Å²) in [5.41, 5.74) is -1.69. The van der Waals surface area contributed by atoms with Crippen LogP contribution in [-0.4, -0.2) is 82.4 Å². The smallest absolute Gasteiger partial charge is 0.471 e. The van der Waals surface area contributed by atoms with E-state index in [0.717, 1.165) is 0 Å². The predicted octanol–water partition coefficient (Wildman–Crippen LogP) is 4.81. The van der Waals surface area contributed by atoms with Gasteiger partial charge in [-0.1, -0.05) is 42.5 Å². The standard InChI is InChI=1S/C37H34F3NO11/c1-17-28(41-34(47)37(38,39)40)22(51-33(46)18-9-5-4-6-10-18)13-24(49-17)50-23-15-36(16-48-35(2,3)52-36)14-21-25(23)32(45)27-26(31(21)44)29(42)19-11-7-8-12-20(19)30(27)43/h4-12,17,22-24,28,44-45H,13-16H2,1-3H3,(H,41,47)/t17-,22-,23-,24-,28+,36-/m0/s1. The van der Waals surface area contributed by atoms with Gasteiger partial charge in [-0.2, -0.15) is 13.2 Å². The van der Waals surface area contributed by atoms with Gasteiger partial charge in [-0.25, -0.2) is 4.79 Å². The topological polar surface area (TPSA) is 167 Å². The van der Waals surface area contributed by atoms with Crippen molar-refractivity contribution in [1.29, 1.82) is 0 Å². The lowest BCUT2D eigenvalue weighted by Gasteiger charge is -2.44. The number of alkyl halides is 3. The molecule has 0 unspecified atom stereocenters. The molecule has 12 nitrogen and oxygen atoms in total. The number of rotatable bonds is 5. The molecular weight excluding hydrogens is 691 g/mol. The number of hydrogen-bond donors (Lipinski definition) is 3. The molecule has 274 valence electrons. The Kier molecular flexibility index (Phi) is 8.68. The minimum absolute atomic E-state index is 0.0110. The molecule has 4 aliphatic rings. The number of fused-ring (bicyclic) bond motifs is 3. The number of phenols is 2. The van der Waals surface area contributed by atoms with Crippen LogP contribution in [0, 0.1) is 0 Å². The summed E-state index contributed by atoms with van der Waals surface area (Å²) < 4.78 is 70.3. The molecule has 0 radical (unpaired) electrons. The first-order valence-corrected chi connectivity index (χ1v) is 16.6. The maximum absolute atomic E-state index is 13.7. The zero-order valence-corrected chi connectivity index (χ0v) is 28.1. The highest BCUT2D eigenvalue weighted by atomic mass is 19.4. The molecule has 2 aliphatic heterocycles. The van der Waals surface area contributed by atoms with Crippen molar-refractivity contribution in [3.05, 3.63) is 93.5 Å². The van der Waals surface area contributed by atoms with Crippen molar-refractivity contribution < 1.29 is 66.2 Å². The Hall–Kier alpha value is -4.83. The molecule has 1 amide bonds. The molecule has 3 aromatic rings. The normalized spacial score (nSPS) is 27.8. The van der Waals surface area contributed by atoms with Crippen molar-refractivity contribution in [2.75, 3.05) is 6.61 Å². The fourth-order valence-corrected chi connectivity index (χ4v) is 7.57. The van der Waals surface area contributed by atoms with Crippen LogP contribution in [0.4, 0.5) is 13.2 Å². The van der Waals surface area contributed by atoms with Crippen LogP contribution in [0.3, 0.4) is 0 Å². The number of hydrogen-bond acceptors (Lipinski definition) is 11. The molecule has 0 aromatic heterocycles. The second kappa shape index (κ2) is 12.7. The fourth-order valence-electron chi connectivity index (χ4n) is 7.57. The highest BCUT2D eigenvalue weighted by Gasteiger charge is 2.54. The lowest BCUT2D eigenvalue weighted by atomic mass is 9.73. The van der Waals surface area contributed by atoms with Crippen molar-refractivity contribution in [2.24, 2.45) is 0 Å². The van der Waals surface area contributed by atoms with Crippen LogP contribution in [0.25, 0.3) is 0 Å². The summed E-state index contributed by atoms with van der Waals surface area (Å²) in [6, 6.07) is 12.3. The number of carbonyl (C=O) groups is 4. The molecule has 0 saturated carbocycles. The highest BCUT2D eigenvalue weighted by molar-refractivity contribution is 6.30. The van der Waals surface area contributed by atoms with E-state index in [1.54, 1.807) is 44.2 Å². The maximum Gasteiger partial charge on any atom is 0.471 e. The molecule has 2 fully saturated rings. The molecule has 2 saturated heterocycles. The van der Waals surface area contributed by atoms with E-state index in [-0.39, 0.29) is 59.3 Å². The van der Waals surface area contributed by atoms with Gasteiger partial charge in [0.25, 0.3) is 0 Å². The van der Waals surface area contributed by atoms with E-state index in [2.05, 4.69) is 0 Å². The zero-order valence-electron chi connectivity index (χ0n) is 28.1. The number of ether oxygens (including phenoxy) is 5. The van der Waals surface area contributed by atoms with E-state index in [4.69, 9.17) is 23.7 Å². The Bertz CT molecular complexity index is 1980. The molecular formula is C37H34F3NO11. The van der Waals surface area contributed by atoms with Gasteiger partial charge < -0.3 is 39.2 Å². The van der Waals surface area contributed by atoms with Crippen molar-refractivity contribution >= 4 is 23.4 Å². The van der Waals surface area contributed by atoms with Gasteiger partial charge in [0.05, 0.1) is 41.5 Å². The SMILES string of the molecule is C[C@@H]1O[C@@H](O[C@H]2C[C@]3(COC(C)(C)O3)Cc3c(O)c4c(c(O)c32)C(=O)c2ccccc2C4=O)C[C@H](OC(=O)c2ccccc2)[C@@H]1NC(=O)C(F)(F)F. The van der Waals surface area contributed by atoms with Crippen LogP contribution in [0.1, 0.15) is 93.0 Å². The van der Waals surface area contributed by atoms with E-state index >= 15 is 0 Å². The molecule has 15 heteroatoms. The molecule has 6 atom stereocenters. The summed E-state index contributed by atoms with van der Waals surface area (Å²) in [4.78, 5) is 52.6. The number of esters is 1. The molecule has 3 aromatic carbocycles. The Morgan fingerprint density at radius 3 is 2.15 bits per heavy atom. The van der Waals surface area contributed by atoms with Gasteiger partial charge in [-0.3, -0.25) is 14.4 Å². The summed E-state index contributed by atoms with van der Waals surface area (Å²) >= 11 is 0. The van der Waals surface area contributed by atoms with Crippen LogP contribution >= 0.6 is 0 Å². The first kappa shape index (κ1) is 35.6. The third-order valence-electron chi connectivity index (χ3n) is 9.82. The second-order valence-electron chi connectivity index (χ2n) is 13.8. The Labute approximate surface area is 294 Å². The molecule has 2 aliphatic carbocycles. The molecule has 7 rings (SSSR count). The monoisotopic (exact) mass is 725 g/mol. The number of halogens is 3. The number of aromatic hydroxyl groups is 2. The molecule has 3 N–H and O–H groups in total. The van der Waals surface area contributed by atoms with Crippen molar-refractivity contribution in [3.63, 3.8) is 0 Å². The number of phenolic OH excluding ortho intramolecular Hbond substituents is 2. The summed E-state index contributed by atoms with van der Waals surface area (Å²) in [7, 11) is 0. The summed E-state index contributed by atoms with van der Waals surface area (Å²) in [6.07, 6.45) is -10.8. The zero-order chi connectivity index (χ0) is 37.3. The fraction of sp³-hybridized carbons (Fsp3) is 0.405. The van der Waals surface area contributed by atoms with E-state index in [1.165, 1.54) is 31.2 Å². The van der Waals surface area contributed by atoms with Crippen LogP contribution in [-0.2, 0) is 34.9 Å². The van der Waals surface area contributed by atoms with Gasteiger partial charge in [0.1, 0.15) is 23.2 Å². The molecule has 52 heavy (non-hydrogen) atoms. The van der Waals surface area contributed by atoms with Crippen molar-refractivity contribution in [3.8, 4) is 11.5 Å². The second-order valence-corrected chi connectivity index (χ2v) is 13.8. The first-order valence-electron chi connectivity index (χ1n) is 16.6. The van der Waals surface area contributed by atoms with Gasteiger partial charge >= 0.3 is 18.1 Å². The van der Waals surface area contributed by atoms with Gasteiger partial charge in [0.15, 0.2) is 23.6 Å². The third-order valence-corrected chi connectivity index (χ3v) is 9.82. The largest absolute Gasteiger partial charge is 0.507 e. The van der Waals surface area contributed by atoms with E-state index < -0.39 is 88.7 Å². The average Bonchev–Trinajstić information content (AvgIpc) is 3.38. The predicted molar refractivity (Wildman–Crippen MR) is 172 cm³/mol. The van der Waals surface area contributed by atoms with Crippen LogP contribution in [0.5, 0.6) is 11.5 Å². The number of carbonyl (C=O) groups excluding carboxylic acids is 4. The Balaban J connectivity index is 1.27. The lowest BCUT2D eigenvalue weighted by molar-refractivity contribution is -0.250. The summed E-state index contributed by atoms with van der Waals surface area (Å²) in [5.74, 6) is -6.71. The van der Waals surface area contributed by atoms with E-state index in [1.807, 2.05) is 5.32 Å². The highest BCUT2D eigenvalue weighted by Crippen LogP contribution is 2.54. The van der Waals surface area contributed by atoms with Crippen LogP contribution in [0.2, 0.25) is 0 Å². The van der Waals surface area contributed by atoms with E-state index in [0.29, 0.717) is 0 Å². The third kappa shape index (κ3) is 6.21. The minimum Gasteiger partial charge on any atom is -0.507 e. The van der Waals surface area contributed by atoms with E-state index in [9.17, 15) is 42.6 Å². The molecule has 2 heterocycles. The van der Waals surface area contributed by atoms with Crippen LogP contribution in [0.15, 0.2) is 54.6 Å².